The summed E-state index contributed by atoms with van der Waals surface area (Å²) in [6, 6.07) is 14.9. The van der Waals surface area contributed by atoms with Crippen molar-refractivity contribution < 1.29 is 13.2 Å². The van der Waals surface area contributed by atoms with Crippen molar-refractivity contribution in [1.29, 1.82) is 0 Å². The highest BCUT2D eigenvalue weighted by Crippen LogP contribution is 2.27. The van der Waals surface area contributed by atoms with Crippen LogP contribution in [-0.4, -0.2) is 35.9 Å². The maximum absolute atomic E-state index is 12.9. The fraction of sp³-hybridized carbons (Fsp3) is 0.235. The van der Waals surface area contributed by atoms with E-state index in [2.05, 4.69) is 4.98 Å². The van der Waals surface area contributed by atoms with Crippen molar-refractivity contribution in [3.63, 3.8) is 0 Å². The molecule has 0 unspecified atom stereocenters. The summed E-state index contributed by atoms with van der Waals surface area (Å²) in [6.07, 6.45) is 0. The van der Waals surface area contributed by atoms with Crippen LogP contribution in [0.5, 0.6) is 5.75 Å². The number of sulfonamides is 1. The molecule has 7 heteroatoms. The zero-order valence-electron chi connectivity index (χ0n) is 13.2. The van der Waals surface area contributed by atoms with Gasteiger partial charge in [-0.25, -0.2) is 13.4 Å². The molecular weight excluding hydrogens is 326 g/mol. The third-order valence-electron chi connectivity index (χ3n) is 4.28. The van der Waals surface area contributed by atoms with E-state index in [4.69, 9.17) is 4.74 Å². The van der Waals surface area contributed by atoms with E-state index in [0.717, 1.165) is 16.8 Å². The molecule has 124 valence electrons. The van der Waals surface area contributed by atoms with Crippen LogP contribution >= 0.6 is 0 Å². The fourth-order valence-corrected chi connectivity index (χ4v) is 4.57. The highest BCUT2D eigenvalue weighted by Gasteiger charge is 2.34. The molecule has 0 saturated carbocycles. The molecule has 4 rings (SSSR count). The zero-order chi connectivity index (χ0) is 16.7. The minimum absolute atomic E-state index is 0.128. The molecule has 0 spiro atoms. The van der Waals surface area contributed by atoms with Crippen LogP contribution in [0.25, 0.3) is 11.0 Å². The van der Waals surface area contributed by atoms with Crippen LogP contribution in [-0.2, 0) is 23.1 Å². The molecule has 1 aliphatic heterocycles. The maximum Gasteiger partial charge on any atom is 0.277 e. The van der Waals surface area contributed by atoms with Gasteiger partial charge < -0.3 is 9.30 Å². The summed E-state index contributed by atoms with van der Waals surface area (Å²) >= 11 is 0. The van der Waals surface area contributed by atoms with Gasteiger partial charge in [0.1, 0.15) is 5.75 Å². The van der Waals surface area contributed by atoms with E-state index in [1.807, 2.05) is 48.5 Å². The second kappa shape index (κ2) is 5.61. The Morgan fingerprint density at radius 2 is 1.83 bits per heavy atom. The molecule has 0 N–H and O–H groups in total. The van der Waals surface area contributed by atoms with E-state index in [9.17, 15) is 8.42 Å². The number of fused-ring (bicyclic) bond motifs is 3. The predicted molar refractivity (Wildman–Crippen MR) is 90.3 cm³/mol. The number of para-hydroxylation sites is 2. The molecule has 24 heavy (non-hydrogen) atoms. The van der Waals surface area contributed by atoms with Gasteiger partial charge in [0.2, 0.25) is 5.16 Å². The van der Waals surface area contributed by atoms with Gasteiger partial charge in [-0.05, 0) is 29.8 Å². The van der Waals surface area contributed by atoms with E-state index >= 15 is 0 Å². The van der Waals surface area contributed by atoms with Crippen molar-refractivity contribution in [3.05, 3.63) is 54.1 Å². The van der Waals surface area contributed by atoms with Crippen molar-refractivity contribution in [2.45, 2.75) is 18.2 Å². The number of aromatic nitrogens is 2. The first-order chi connectivity index (χ1) is 11.6. The first-order valence-corrected chi connectivity index (χ1v) is 9.12. The molecule has 3 aromatic rings. The summed E-state index contributed by atoms with van der Waals surface area (Å²) in [4.78, 5) is 4.34. The molecule has 2 heterocycles. The second-order valence-electron chi connectivity index (χ2n) is 5.72. The highest BCUT2D eigenvalue weighted by molar-refractivity contribution is 7.89. The number of methoxy groups -OCH3 is 1. The van der Waals surface area contributed by atoms with Crippen LogP contribution in [0.2, 0.25) is 0 Å². The molecule has 0 bridgehead atoms. The minimum atomic E-state index is -3.60. The van der Waals surface area contributed by atoms with E-state index in [1.165, 1.54) is 4.31 Å². The Balaban J connectivity index is 1.69. The van der Waals surface area contributed by atoms with Gasteiger partial charge in [-0.3, -0.25) is 0 Å². The fourth-order valence-electron chi connectivity index (χ4n) is 3.01. The SMILES string of the molecule is COc1ccc(CN2CCn3c(nc4ccccc43)S2(=O)=O)cc1. The van der Waals surface area contributed by atoms with Crippen molar-refractivity contribution in [2.75, 3.05) is 13.7 Å². The molecule has 0 atom stereocenters. The maximum atomic E-state index is 12.9. The standard InChI is InChI=1S/C17H17N3O3S/c1-23-14-8-6-13(7-9-14)12-19-10-11-20-16-5-3-2-4-15(16)18-17(20)24(19,21)22/h2-9H,10-12H2,1H3. The van der Waals surface area contributed by atoms with Gasteiger partial charge in [-0.2, -0.15) is 4.31 Å². The van der Waals surface area contributed by atoms with E-state index in [0.29, 0.717) is 25.2 Å². The monoisotopic (exact) mass is 343 g/mol. The van der Waals surface area contributed by atoms with Gasteiger partial charge in [0.25, 0.3) is 10.0 Å². The summed E-state index contributed by atoms with van der Waals surface area (Å²) in [6.45, 7) is 1.36. The van der Waals surface area contributed by atoms with Crippen LogP contribution < -0.4 is 4.74 Å². The van der Waals surface area contributed by atoms with Gasteiger partial charge >= 0.3 is 0 Å². The van der Waals surface area contributed by atoms with E-state index in [-0.39, 0.29) is 5.16 Å². The van der Waals surface area contributed by atoms with Crippen molar-refractivity contribution in [3.8, 4) is 5.75 Å². The second-order valence-corrected chi connectivity index (χ2v) is 7.55. The summed E-state index contributed by atoms with van der Waals surface area (Å²) in [5, 5.41) is 0.128. The van der Waals surface area contributed by atoms with Crippen LogP contribution in [0.3, 0.4) is 0 Å². The molecule has 1 aromatic heterocycles. The Labute approximate surface area is 140 Å². The van der Waals surface area contributed by atoms with Crippen LogP contribution in [0.15, 0.2) is 53.7 Å². The first kappa shape index (κ1) is 15.2. The van der Waals surface area contributed by atoms with Gasteiger partial charge in [0, 0.05) is 19.6 Å². The van der Waals surface area contributed by atoms with E-state index in [1.54, 1.807) is 11.7 Å². The van der Waals surface area contributed by atoms with Gasteiger partial charge in [-0.15, -0.1) is 0 Å². The Hall–Kier alpha value is -2.38. The molecule has 0 aliphatic carbocycles. The summed E-state index contributed by atoms with van der Waals surface area (Å²) in [5.41, 5.74) is 2.49. The Morgan fingerprint density at radius 3 is 2.58 bits per heavy atom. The molecule has 0 saturated heterocycles. The number of rotatable bonds is 3. The van der Waals surface area contributed by atoms with Crippen LogP contribution in [0.4, 0.5) is 0 Å². The normalized spacial score (nSPS) is 16.9. The average molecular weight is 343 g/mol. The van der Waals surface area contributed by atoms with Crippen molar-refractivity contribution in [2.24, 2.45) is 0 Å². The molecular formula is C17H17N3O3S. The lowest BCUT2D eigenvalue weighted by Crippen LogP contribution is -2.39. The van der Waals surface area contributed by atoms with Crippen molar-refractivity contribution >= 4 is 21.1 Å². The number of imidazole rings is 1. The quantitative estimate of drug-likeness (QED) is 0.732. The lowest BCUT2D eigenvalue weighted by molar-refractivity contribution is 0.351. The molecule has 6 nitrogen and oxygen atoms in total. The average Bonchev–Trinajstić information content (AvgIpc) is 2.98. The zero-order valence-corrected chi connectivity index (χ0v) is 14.0. The number of ether oxygens (including phenoxy) is 1. The smallest absolute Gasteiger partial charge is 0.277 e. The van der Waals surface area contributed by atoms with Crippen LogP contribution in [0, 0.1) is 0 Å². The number of hydrogen-bond acceptors (Lipinski definition) is 4. The topological polar surface area (TPSA) is 64.4 Å². The Kier molecular flexibility index (Phi) is 3.54. The molecule has 0 amide bonds. The number of nitrogens with zero attached hydrogens (tertiary/aromatic N) is 3. The van der Waals surface area contributed by atoms with E-state index < -0.39 is 10.0 Å². The van der Waals surface area contributed by atoms with Gasteiger partial charge in [-0.1, -0.05) is 24.3 Å². The number of benzene rings is 2. The van der Waals surface area contributed by atoms with Crippen molar-refractivity contribution in [1.82, 2.24) is 13.9 Å². The number of hydrogen-bond donors (Lipinski definition) is 0. The predicted octanol–water partition coefficient (Wildman–Crippen LogP) is 2.25. The Bertz CT molecular complexity index is 994. The highest BCUT2D eigenvalue weighted by atomic mass is 32.2. The van der Waals surface area contributed by atoms with Crippen LogP contribution in [0.1, 0.15) is 5.56 Å². The van der Waals surface area contributed by atoms with Gasteiger partial charge in [0.15, 0.2) is 0 Å². The summed E-state index contributed by atoms with van der Waals surface area (Å²) < 4.78 is 34.2. The third kappa shape index (κ3) is 2.37. The Morgan fingerprint density at radius 1 is 1.08 bits per heavy atom. The minimum Gasteiger partial charge on any atom is -0.497 e. The lowest BCUT2D eigenvalue weighted by atomic mass is 10.2. The molecule has 2 aromatic carbocycles. The summed E-state index contributed by atoms with van der Waals surface area (Å²) in [5.74, 6) is 0.752. The first-order valence-electron chi connectivity index (χ1n) is 7.68. The van der Waals surface area contributed by atoms with Gasteiger partial charge in [0.05, 0.1) is 18.1 Å². The largest absolute Gasteiger partial charge is 0.497 e. The third-order valence-corrected chi connectivity index (χ3v) is 6.05. The molecule has 1 aliphatic rings. The summed E-state index contributed by atoms with van der Waals surface area (Å²) in [7, 11) is -2.00. The lowest BCUT2D eigenvalue weighted by Gasteiger charge is -2.27. The molecule has 0 fully saturated rings. The molecule has 0 radical (unpaired) electrons.